The summed E-state index contributed by atoms with van der Waals surface area (Å²) in [7, 11) is 0. The Hall–Kier alpha value is -5.31. The van der Waals surface area contributed by atoms with Gasteiger partial charge < -0.3 is 10.1 Å². The third-order valence-corrected chi connectivity index (χ3v) is 7.08. The third-order valence-electron chi connectivity index (χ3n) is 7.08. The Morgan fingerprint density at radius 2 is 1.74 bits per heavy atom. The first-order valence-electron chi connectivity index (χ1n) is 13.8. The number of nitrogens with one attached hydrogen (secondary N) is 1. The van der Waals surface area contributed by atoms with Crippen LogP contribution >= 0.6 is 0 Å². The van der Waals surface area contributed by atoms with E-state index in [4.69, 9.17) is 4.74 Å². The van der Waals surface area contributed by atoms with Gasteiger partial charge in [0.2, 0.25) is 5.88 Å². The van der Waals surface area contributed by atoms with Crippen LogP contribution in [0.1, 0.15) is 48.6 Å². The van der Waals surface area contributed by atoms with Gasteiger partial charge in [0.25, 0.3) is 11.5 Å². The number of pyridine rings is 2. The molecule has 0 bridgehead atoms. The largest absolute Gasteiger partial charge is 0.475 e. The van der Waals surface area contributed by atoms with Crippen molar-refractivity contribution in [1.82, 2.24) is 29.5 Å². The van der Waals surface area contributed by atoms with Gasteiger partial charge in [-0.05, 0) is 74.5 Å². The predicted molar refractivity (Wildman–Crippen MR) is 162 cm³/mol. The molecule has 42 heavy (non-hydrogen) atoms. The van der Waals surface area contributed by atoms with Gasteiger partial charge in [-0.3, -0.25) is 14.2 Å². The maximum atomic E-state index is 14.4. The van der Waals surface area contributed by atoms with E-state index in [1.807, 2.05) is 87.5 Å². The number of carbonyl (C=O) groups is 1. The molecule has 0 radical (unpaired) electrons. The van der Waals surface area contributed by atoms with Crippen LogP contribution in [-0.4, -0.2) is 36.2 Å². The second kappa shape index (κ2) is 10.9. The quantitative estimate of drug-likeness (QED) is 0.270. The Morgan fingerprint density at radius 1 is 0.929 bits per heavy atom. The fourth-order valence-corrected chi connectivity index (χ4v) is 5.27. The first kappa shape index (κ1) is 26.9. The van der Waals surface area contributed by atoms with Crippen LogP contribution in [0.25, 0.3) is 33.2 Å². The number of ether oxygens (including phenoxy) is 1. The maximum Gasteiger partial charge on any atom is 0.263 e. The molecule has 210 valence electrons. The van der Waals surface area contributed by atoms with Crippen LogP contribution in [0.2, 0.25) is 0 Å². The van der Waals surface area contributed by atoms with Crippen molar-refractivity contribution in [1.29, 1.82) is 0 Å². The maximum absolute atomic E-state index is 14.4. The molecule has 0 saturated carbocycles. The van der Waals surface area contributed by atoms with Gasteiger partial charge in [-0.25, -0.2) is 14.5 Å². The molecule has 2 aromatic carbocycles. The van der Waals surface area contributed by atoms with Crippen molar-refractivity contribution in [3.05, 3.63) is 119 Å². The zero-order valence-corrected chi connectivity index (χ0v) is 23.8. The molecule has 0 fully saturated rings. The second-order valence-corrected chi connectivity index (χ2v) is 10.4. The van der Waals surface area contributed by atoms with E-state index in [2.05, 4.69) is 20.4 Å². The highest BCUT2D eigenvalue weighted by Gasteiger charge is 2.23. The van der Waals surface area contributed by atoms with Crippen LogP contribution < -0.4 is 15.6 Å². The molecule has 6 aromatic rings. The smallest absolute Gasteiger partial charge is 0.263 e. The number of nitrogens with zero attached hydrogens (tertiary/aromatic N) is 5. The highest BCUT2D eigenvalue weighted by atomic mass is 16.5. The molecule has 4 heterocycles. The van der Waals surface area contributed by atoms with Crippen molar-refractivity contribution in [3.8, 4) is 22.7 Å². The number of amides is 1. The van der Waals surface area contributed by atoms with E-state index in [1.54, 1.807) is 40.7 Å². The minimum absolute atomic E-state index is 0.0323. The summed E-state index contributed by atoms with van der Waals surface area (Å²) in [5.74, 6) is 0.178. The van der Waals surface area contributed by atoms with E-state index in [0.717, 1.165) is 16.5 Å². The highest BCUT2D eigenvalue weighted by molar-refractivity contribution is 6.01. The number of hydrogen-bond acceptors (Lipinski definition) is 6. The number of fused-ring (bicyclic) bond motifs is 2. The zero-order chi connectivity index (χ0) is 29.4. The Kier molecular flexibility index (Phi) is 7.00. The molecule has 0 aliphatic carbocycles. The molecule has 0 aliphatic rings. The van der Waals surface area contributed by atoms with Gasteiger partial charge in [-0.2, -0.15) is 5.10 Å². The summed E-state index contributed by atoms with van der Waals surface area (Å²) in [4.78, 5) is 36.7. The normalized spacial score (nSPS) is 12.1. The van der Waals surface area contributed by atoms with Crippen molar-refractivity contribution in [2.75, 3.05) is 0 Å². The van der Waals surface area contributed by atoms with Gasteiger partial charge in [0, 0.05) is 36.0 Å². The van der Waals surface area contributed by atoms with Crippen molar-refractivity contribution in [2.45, 2.75) is 39.8 Å². The summed E-state index contributed by atoms with van der Waals surface area (Å²) in [6.07, 6.45) is 5.04. The lowest BCUT2D eigenvalue weighted by atomic mass is 9.98. The zero-order valence-electron chi connectivity index (χ0n) is 23.8. The highest BCUT2D eigenvalue weighted by Crippen LogP contribution is 2.31. The Bertz CT molecular complexity index is 2000. The summed E-state index contributed by atoms with van der Waals surface area (Å²) in [5, 5.41) is 8.83. The molecule has 9 nitrogen and oxygen atoms in total. The van der Waals surface area contributed by atoms with Crippen LogP contribution in [0, 0.1) is 6.92 Å². The molecule has 0 unspecified atom stereocenters. The van der Waals surface area contributed by atoms with Gasteiger partial charge >= 0.3 is 0 Å². The predicted octanol–water partition coefficient (Wildman–Crippen LogP) is 5.68. The van der Waals surface area contributed by atoms with E-state index in [9.17, 15) is 9.59 Å². The van der Waals surface area contributed by atoms with E-state index >= 15 is 0 Å². The van der Waals surface area contributed by atoms with Crippen molar-refractivity contribution >= 4 is 22.3 Å². The molecule has 0 aliphatic heterocycles. The van der Waals surface area contributed by atoms with E-state index < -0.39 is 6.04 Å². The minimum Gasteiger partial charge on any atom is -0.475 e. The number of carbonyl (C=O) groups excluding carboxylic acids is 1. The topological polar surface area (TPSA) is 103 Å². The van der Waals surface area contributed by atoms with Crippen LogP contribution in [0.15, 0.2) is 96.2 Å². The van der Waals surface area contributed by atoms with Crippen LogP contribution in [0.3, 0.4) is 0 Å². The second-order valence-electron chi connectivity index (χ2n) is 10.4. The van der Waals surface area contributed by atoms with Crippen molar-refractivity contribution in [2.24, 2.45) is 0 Å². The molecule has 6 rings (SSSR count). The third kappa shape index (κ3) is 4.89. The van der Waals surface area contributed by atoms with Gasteiger partial charge in [0.05, 0.1) is 23.2 Å². The number of aromatic nitrogens is 5. The standard InChI is InChI=1S/C33H30N6O3/c1-20(2)42-28-19-23(14-16-34-28)26-13-8-10-24-18-27(39(33(41)30(24)26)25-11-6-5-7-12-25)21(3)36-32(40)29-22(4)37-38-17-9-15-35-31(29)38/h5-21H,1-4H3,(H,36,40)/t21-/m0/s1. The van der Waals surface area contributed by atoms with Gasteiger partial charge in [-0.1, -0.05) is 36.4 Å². The van der Waals surface area contributed by atoms with Gasteiger partial charge in [0.15, 0.2) is 5.65 Å². The molecular weight excluding hydrogens is 528 g/mol. The first-order valence-corrected chi connectivity index (χ1v) is 13.8. The Balaban J connectivity index is 1.49. The Morgan fingerprint density at radius 3 is 2.52 bits per heavy atom. The molecule has 1 N–H and O–H groups in total. The van der Waals surface area contributed by atoms with Crippen LogP contribution in [-0.2, 0) is 0 Å². The average Bonchev–Trinajstić information content (AvgIpc) is 3.32. The molecular formula is C33H30N6O3. The van der Waals surface area contributed by atoms with E-state index in [0.29, 0.717) is 39.6 Å². The lowest BCUT2D eigenvalue weighted by Crippen LogP contribution is -2.32. The fraction of sp³-hybridized carbons (Fsp3) is 0.182. The monoisotopic (exact) mass is 558 g/mol. The number of hydrogen-bond donors (Lipinski definition) is 1. The van der Waals surface area contributed by atoms with Gasteiger partial charge in [0.1, 0.15) is 5.56 Å². The lowest BCUT2D eigenvalue weighted by Gasteiger charge is -2.22. The van der Waals surface area contributed by atoms with E-state index in [-0.39, 0.29) is 17.6 Å². The molecule has 1 atom stereocenters. The summed E-state index contributed by atoms with van der Waals surface area (Å²) >= 11 is 0. The van der Waals surface area contributed by atoms with Crippen LogP contribution in [0.5, 0.6) is 5.88 Å². The van der Waals surface area contributed by atoms with Crippen molar-refractivity contribution < 1.29 is 9.53 Å². The summed E-state index contributed by atoms with van der Waals surface area (Å²) in [6, 6.07) is 22.1. The number of benzene rings is 2. The molecule has 9 heteroatoms. The first-order chi connectivity index (χ1) is 20.3. The van der Waals surface area contributed by atoms with Crippen molar-refractivity contribution in [3.63, 3.8) is 0 Å². The summed E-state index contributed by atoms with van der Waals surface area (Å²) in [5.41, 5.74) is 4.19. The molecule has 1 amide bonds. The summed E-state index contributed by atoms with van der Waals surface area (Å²) in [6.45, 7) is 7.54. The molecule has 0 saturated heterocycles. The van der Waals surface area contributed by atoms with E-state index in [1.165, 1.54) is 0 Å². The Labute approximate surface area is 242 Å². The summed E-state index contributed by atoms with van der Waals surface area (Å²) < 4.78 is 9.08. The number of rotatable bonds is 7. The minimum atomic E-state index is -0.525. The van der Waals surface area contributed by atoms with Crippen LogP contribution in [0.4, 0.5) is 0 Å². The average molecular weight is 559 g/mol. The fourth-order valence-electron chi connectivity index (χ4n) is 5.27. The number of aryl methyl sites for hydroxylation is 1. The molecule has 0 spiro atoms. The lowest BCUT2D eigenvalue weighted by molar-refractivity contribution is 0.0939. The van der Waals surface area contributed by atoms with Gasteiger partial charge in [-0.15, -0.1) is 0 Å². The molecule has 4 aromatic heterocycles. The number of para-hydroxylation sites is 1. The SMILES string of the molecule is Cc1nn2cccnc2c1C(=O)N[C@@H](C)c1cc2cccc(-c3ccnc(OC(C)C)c3)c2c(=O)n1-c1ccccc1.